The van der Waals surface area contributed by atoms with Crippen molar-refractivity contribution in [2.24, 2.45) is 5.41 Å². The fourth-order valence-electron chi connectivity index (χ4n) is 1.23. The van der Waals surface area contributed by atoms with Gasteiger partial charge in [0.25, 0.3) is 0 Å². The van der Waals surface area contributed by atoms with Gasteiger partial charge in [0.05, 0.1) is 11.5 Å². The van der Waals surface area contributed by atoms with Gasteiger partial charge in [0.2, 0.25) is 0 Å². The summed E-state index contributed by atoms with van der Waals surface area (Å²) in [5.41, 5.74) is -0.567. The lowest BCUT2D eigenvalue weighted by molar-refractivity contribution is -0.163. The molecule has 0 aromatic rings. The minimum Gasteiger partial charge on any atom is -0.462 e. The highest BCUT2D eigenvalue weighted by atomic mass is 16.6. The minimum absolute atomic E-state index is 0.0195. The lowest BCUT2D eigenvalue weighted by atomic mass is 9.97. The maximum Gasteiger partial charge on any atom is 0.311 e. The molecule has 2 N–H and O–H groups in total. The normalized spacial score (nSPS) is 31.7. The second-order valence-electron chi connectivity index (χ2n) is 4.78. The number of hydrogen-bond acceptors (Lipinski definition) is 5. The van der Waals surface area contributed by atoms with Crippen LogP contribution in [0.25, 0.3) is 0 Å². The molecule has 1 saturated heterocycles. The first kappa shape index (κ1) is 12.4. The monoisotopic (exact) mass is 218 g/mol. The van der Waals surface area contributed by atoms with Crippen molar-refractivity contribution in [3.05, 3.63) is 0 Å². The summed E-state index contributed by atoms with van der Waals surface area (Å²) in [5, 5.41) is 18.5. The fraction of sp³-hybridized carbons (Fsp3) is 0.900. The fourth-order valence-corrected chi connectivity index (χ4v) is 1.23. The lowest BCUT2D eigenvalue weighted by Gasteiger charge is -2.19. The Bertz CT molecular complexity index is 232. The van der Waals surface area contributed by atoms with Crippen LogP contribution in [0, 0.1) is 5.41 Å². The molecule has 0 amide bonds. The predicted molar refractivity (Wildman–Crippen MR) is 51.9 cm³/mol. The Kier molecular flexibility index (Phi) is 3.70. The van der Waals surface area contributed by atoms with Crippen molar-refractivity contribution < 1.29 is 24.5 Å². The van der Waals surface area contributed by atoms with Crippen molar-refractivity contribution in [3.63, 3.8) is 0 Å². The Morgan fingerprint density at radius 2 is 2.07 bits per heavy atom. The third kappa shape index (κ3) is 3.44. The van der Waals surface area contributed by atoms with E-state index in [0.717, 1.165) is 0 Å². The van der Waals surface area contributed by atoms with Gasteiger partial charge in [-0.3, -0.25) is 4.79 Å². The molecule has 1 rings (SSSR count). The van der Waals surface area contributed by atoms with Crippen LogP contribution in [0.4, 0.5) is 0 Å². The van der Waals surface area contributed by atoms with E-state index in [2.05, 4.69) is 0 Å². The molecule has 1 fully saturated rings. The predicted octanol–water partition coefficient (Wildman–Crippen LogP) is 0.0439. The van der Waals surface area contributed by atoms with Gasteiger partial charge in [-0.1, -0.05) is 0 Å². The van der Waals surface area contributed by atoms with E-state index in [-0.39, 0.29) is 19.0 Å². The lowest BCUT2D eigenvalue weighted by Crippen LogP contribution is -2.31. The third-order valence-corrected chi connectivity index (χ3v) is 2.20. The summed E-state index contributed by atoms with van der Waals surface area (Å²) in [6, 6.07) is 0. The zero-order chi connectivity index (χ0) is 11.6. The molecule has 1 heterocycles. The van der Waals surface area contributed by atoms with Gasteiger partial charge in [-0.25, -0.2) is 0 Å². The van der Waals surface area contributed by atoms with Crippen LogP contribution in [-0.4, -0.2) is 41.3 Å². The molecule has 15 heavy (non-hydrogen) atoms. The van der Waals surface area contributed by atoms with E-state index in [1.54, 1.807) is 20.8 Å². The van der Waals surface area contributed by atoms with Crippen LogP contribution in [-0.2, 0) is 14.3 Å². The highest BCUT2D eigenvalue weighted by molar-refractivity contribution is 5.75. The van der Waals surface area contributed by atoms with Gasteiger partial charge in [0.15, 0.2) is 6.29 Å². The summed E-state index contributed by atoms with van der Waals surface area (Å²) in [5.74, 6) is -0.348. The van der Waals surface area contributed by atoms with Crippen LogP contribution in [0.15, 0.2) is 0 Å². The maximum absolute atomic E-state index is 11.4. The highest BCUT2D eigenvalue weighted by Gasteiger charge is 2.34. The summed E-state index contributed by atoms with van der Waals surface area (Å²) in [7, 11) is 0. The van der Waals surface area contributed by atoms with Crippen molar-refractivity contribution in [1.29, 1.82) is 0 Å². The number of hydrogen-bond donors (Lipinski definition) is 2. The van der Waals surface area contributed by atoms with E-state index < -0.39 is 23.9 Å². The second kappa shape index (κ2) is 4.47. The SMILES string of the molecule is CC(C)(C)C(=O)OC[C@H]1OC(O)C[C@H]1O. The molecule has 3 atom stereocenters. The molecule has 0 saturated carbocycles. The standard InChI is InChI=1S/C10H18O5/c1-10(2,3)9(13)14-5-7-6(11)4-8(12)15-7/h6-8,11-12H,4-5H2,1-3H3/t6-,7-,8?/m1/s1. The third-order valence-electron chi connectivity index (χ3n) is 2.20. The first-order chi connectivity index (χ1) is 6.80. The molecule has 0 aliphatic carbocycles. The van der Waals surface area contributed by atoms with E-state index >= 15 is 0 Å². The zero-order valence-electron chi connectivity index (χ0n) is 9.27. The first-order valence-electron chi connectivity index (χ1n) is 4.99. The van der Waals surface area contributed by atoms with E-state index in [9.17, 15) is 9.90 Å². The Labute approximate surface area is 89.0 Å². The average Bonchev–Trinajstić information content (AvgIpc) is 2.39. The zero-order valence-corrected chi connectivity index (χ0v) is 9.27. The van der Waals surface area contributed by atoms with Crippen LogP contribution in [0.5, 0.6) is 0 Å². The van der Waals surface area contributed by atoms with Gasteiger partial charge in [0, 0.05) is 6.42 Å². The van der Waals surface area contributed by atoms with Gasteiger partial charge in [-0.05, 0) is 20.8 Å². The smallest absolute Gasteiger partial charge is 0.311 e. The van der Waals surface area contributed by atoms with E-state index in [4.69, 9.17) is 14.6 Å². The first-order valence-corrected chi connectivity index (χ1v) is 4.99. The molecular formula is C10H18O5. The Morgan fingerprint density at radius 1 is 1.47 bits per heavy atom. The molecule has 5 nitrogen and oxygen atoms in total. The van der Waals surface area contributed by atoms with Crippen molar-refractivity contribution in [3.8, 4) is 0 Å². The van der Waals surface area contributed by atoms with Gasteiger partial charge in [0.1, 0.15) is 12.7 Å². The van der Waals surface area contributed by atoms with E-state index in [1.165, 1.54) is 0 Å². The van der Waals surface area contributed by atoms with E-state index in [0.29, 0.717) is 0 Å². The van der Waals surface area contributed by atoms with E-state index in [1.807, 2.05) is 0 Å². The molecule has 0 radical (unpaired) electrons. The highest BCUT2D eigenvalue weighted by Crippen LogP contribution is 2.20. The Morgan fingerprint density at radius 3 is 2.47 bits per heavy atom. The number of ether oxygens (including phenoxy) is 2. The van der Waals surface area contributed by atoms with Gasteiger partial charge in [-0.15, -0.1) is 0 Å². The molecule has 5 heteroatoms. The van der Waals surface area contributed by atoms with Crippen molar-refractivity contribution in [2.45, 2.75) is 45.7 Å². The molecule has 1 unspecified atom stereocenters. The molecule has 1 aliphatic rings. The number of aliphatic hydroxyl groups is 2. The largest absolute Gasteiger partial charge is 0.462 e. The Hall–Kier alpha value is -0.650. The topological polar surface area (TPSA) is 76.0 Å². The summed E-state index contributed by atoms with van der Waals surface area (Å²) in [6.45, 7) is 5.22. The number of carbonyl (C=O) groups is 1. The van der Waals surface area contributed by atoms with Crippen LogP contribution < -0.4 is 0 Å². The van der Waals surface area contributed by atoms with Crippen LogP contribution in [0.2, 0.25) is 0 Å². The summed E-state index contributed by atoms with van der Waals surface area (Å²) >= 11 is 0. The number of aliphatic hydroxyl groups excluding tert-OH is 2. The second-order valence-corrected chi connectivity index (χ2v) is 4.78. The average molecular weight is 218 g/mol. The quantitative estimate of drug-likeness (QED) is 0.640. The molecule has 0 spiro atoms. The van der Waals surface area contributed by atoms with Crippen LogP contribution >= 0.6 is 0 Å². The number of carbonyl (C=O) groups excluding carboxylic acids is 1. The van der Waals surface area contributed by atoms with Crippen LogP contribution in [0.1, 0.15) is 27.2 Å². The molecular weight excluding hydrogens is 200 g/mol. The summed E-state index contributed by atoms with van der Waals surface area (Å²) < 4.78 is 9.94. The maximum atomic E-state index is 11.4. The number of rotatable bonds is 2. The van der Waals surface area contributed by atoms with Gasteiger partial charge >= 0.3 is 5.97 Å². The minimum atomic E-state index is -0.960. The van der Waals surface area contributed by atoms with Crippen LogP contribution in [0.3, 0.4) is 0 Å². The molecule has 88 valence electrons. The Balaban J connectivity index is 2.35. The summed E-state index contributed by atoms with van der Waals surface area (Å²) in [6.07, 6.45) is -2.19. The van der Waals surface area contributed by atoms with Crippen molar-refractivity contribution in [1.82, 2.24) is 0 Å². The van der Waals surface area contributed by atoms with Crippen molar-refractivity contribution >= 4 is 5.97 Å². The number of esters is 1. The van der Waals surface area contributed by atoms with Gasteiger partial charge < -0.3 is 19.7 Å². The molecule has 0 aromatic heterocycles. The van der Waals surface area contributed by atoms with Crippen molar-refractivity contribution in [2.75, 3.05) is 6.61 Å². The molecule has 0 bridgehead atoms. The summed E-state index contributed by atoms with van der Waals surface area (Å²) in [4.78, 5) is 11.4. The molecule has 0 aromatic carbocycles. The molecule has 1 aliphatic heterocycles. The van der Waals surface area contributed by atoms with Gasteiger partial charge in [-0.2, -0.15) is 0 Å².